The number of methoxy groups -OCH3 is 1. The van der Waals surface area contributed by atoms with E-state index in [9.17, 15) is 0 Å². The highest BCUT2D eigenvalue weighted by Crippen LogP contribution is 2.24. The van der Waals surface area contributed by atoms with E-state index in [2.05, 4.69) is 5.32 Å². The lowest BCUT2D eigenvalue weighted by molar-refractivity contribution is 0.191. The van der Waals surface area contributed by atoms with Crippen molar-refractivity contribution in [1.82, 2.24) is 5.32 Å². The van der Waals surface area contributed by atoms with Crippen LogP contribution in [0.25, 0.3) is 0 Å². The van der Waals surface area contributed by atoms with Crippen LogP contribution in [-0.4, -0.2) is 24.9 Å². The predicted molar refractivity (Wildman–Crippen MR) is 61.4 cm³/mol. The van der Waals surface area contributed by atoms with Crippen molar-refractivity contribution < 1.29 is 9.84 Å². The van der Waals surface area contributed by atoms with Gasteiger partial charge in [-0.1, -0.05) is 17.7 Å². The fraction of sp³-hybridized carbons (Fsp3) is 0.455. The summed E-state index contributed by atoms with van der Waals surface area (Å²) in [6, 6.07) is 5.64. The van der Waals surface area contributed by atoms with Crippen LogP contribution in [0.15, 0.2) is 18.2 Å². The Labute approximate surface area is 95.0 Å². The minimum atomic E-state index is -0.335. The minimum absolute atomic E-state index is 0.335. The zero-order valence-corrected chi connectivity index (χ0v) is 9.71. The average Bonchev–Trinajstić information content (AvgIpc) is 2.17. The molecule has 0 aliphatic heterocycles. The van der Waals surface area contributed by atoms with E-state index in [1.54, 1.807) is 14.0 Å². The number of benzene rings is 1. The van der Waals surface area contributed by atoms with E-state index >= 15 is 0 Å². The van der Waals surface area contributed by atoms with Gasteiger partial charge in [-0.2, -0.15) is 0 Å². The molecule has 0 aliphatic carbocycles. The van der Waals surface area contributed by atoms with Crippen LogP contribution in [0.5, 0.6) is 5.75 Å². The van der Waals surface area contributed by atoms with E-state index in [1.165, 1.54) is 0 Å². The zero-order valence-electron chi connectivity index (χ0n) is 8.96. The van der Waals surface area contributed by atoms with Crippen molar-refractivity contribution in [3.05, 3.63) is 28.8 Å². The molecule has 0 aromatic heterocycles. The van der Waals surface area contributed by atoms with Crippen LogP contribution in [0.3, 0.4) is 0 Å². The van der Waals surface area contributed by atoms with Crippen molar-refractivity contribution >= 4 is 11.6 Å². The maximum atomic E-state index is 9.06. The van der Waals surface area contributed by atoms with Crippen molar-refractivity contribution in [3.8, 4) is 5.75 Å². The smallest absolute Gasteiger partial charge is 0.137 e. The number of rotatable bonds is 5. The first-order chi connectivity index (χ1) is 7.13. The van der Waals surface area contributed by atoms with E-state index in [4.69, 9.17) is 21.4 Å². The van der Waals surface area contributed by atoms with Crippen molar-refractivity contribution in [2.75, 3.05) is 13.7 Å². The molecule has 0 saturated heterocycles. The maximum absolute atomic E-state index is 9.06. The molecule has 0 fully saturated rings. The van der Waals surface area contributed by atoms with Gasteiger partial charge in [-0.05, 0) is 24.6 Å². The molecule has 0 amide bonds. The van der Waals surface area contributed by atoms with E-state index in [1.807, 2.05) is 18.2 Å². The molecule has 0 radical (unpaired) electrons. The topological polar surface area (TPSA) is 41.5 Å². The first-order valence-electron chi connectivity index (χ1n) is 4.84. The molecule has 0 bridgehead atoms. The van der Waals surface area contributed by atoms with Crippen LogP contribution in [0.1, 0.15) is 12.5 Å². The zero-order chi connectivity index (χ0) is 11.3. The molecule has 2 N–H and O–H groups in total. The van der Waals surface area contributed by atoms with E-state index in [-0.39, 0.29) is 6.10 Å². The molecule has 0 saturated carbocycles. The molecule has 3 nitrogen and oxygen atoms in total. The largest absolute Gasteiger partial charge is 0.495 e. The van der Waals surface area contributed by atoms with Gasteiger partial charge in [0.1, 0.15) is 5.75 Å². The fourth-order valence-electron chi connectivity index (χ4n) is 1.25. The molecular formula is C11H16ClNO2. The fourth-order valence-corrected chi connectivity index (χ4v) is 1.53. The predicted octanol–water partition coefficient (Wildman–Crippen LogP) is 1.82. The summed E-state index contributed by atoms with van der Waals surface area (Å²) in [5.74, 6) is 0.677. The van der Waals surface area contributed by atoms with Gasteiger partial charge in [0.15, 0.2) is 0 Å². The number of ether oxygens (including phenoxy) is 1. The monoisotopic (exact) mass is 229 g/mol. The summed E-state index contributed by atoms with van der Waals surface area (Å²) in [6.07, 6.45) is -0.335. The Bertz CT molecular complexity index is 315. The van der Waals surface area contributed by atoms with Gasteiger partial charge >= 0.3 is 0 Å². The van der Waals surface area contributed by atoms with Gasteiger partial charge in [-0.3, -0.25) is 0 Å². The van der Waals surface area contributed by atoms with Crippen LogP contribution in [0, 0.1) is 0 Å². The van der Waals surface area contributed by atoms with Crippen LogP contribution < -0.4 is 10.1 Å². The highest BCUT2D eigenvalue weighted by Gasteiger charge is 2.01. The molecule has 15 heavy (non-hydrogen) atoms. The number of aliphatic hydroxyl groups is 1. The summed E-state index contributed by atoms with van der Waals surface area (Å²) >= 11 is 5.97. The van der Waals surface area contributed by atoms with Gasteiger partial charge < -0.3 is 15.2 Å². The molecule has 1 aromatic carbocycles. The molecule has 84 valence electrons. The van der Waals surface area contributed by atoms with Crippen LogP contribution >= 0.6 is 11.6 Å². The highest BCUT2D eigenvalue weighted by molar-refractivity contribution is 6.32. The lowest BCUT2D eigenvalue weighted by Crippen LogP contribution is -2.23. The molecule has 1 aromatic rings. The Morgan fingerprint density at radius 1 is 1.53 bits per heavy atom. The third kappa shape index (κ3) is 4.08. The highest BCUT2D eigenvalue weighted by atomic mass is 35.5. The summed E-state index contributed by atoms with van der Waals surface area (Å²) in [5, 5.41) is 12.8. The number of halogens is 1. The molecule has 4 heteroatoms. The van der Waals surface area contributed by atoms with Crippen LogP contribution in [0.4, 0.5) is 0 Å². The quantitative estimate of drug-likeness (QED) is 0.810. The third-order valence-corrected chi connectivity index (χ3v) is 2.28. The Hall–Kier alpha value is -0.770. The molecule has 0 spiro atoms. The normalized spacial score (nSPS) is 12.5. The first kappa shape index (κ1) is 12.3. The second-order valence-corrected chi connectivity index (χ2v) is 3.86. The Balaban J connectivity index is 2.52. The van der Waals surface area contributed by atoms with Gasteiger partial charge in [0.05, 0.1) is 18.2 Å². The lowest BCUT2D eigenvalue weighted by Gasteiger charge is -2.08. The number of hydrogen-bond acceptors (Lipinski definition) is 3. The van der Waals surface area contributed by atoms with E-state index < -0.39 is 0 Å². The first-order valence-corrected chi connectivity index (χ1v) is 5.22. The second-order valence-electron chi connectivity index (χ2n) is 3.45. The average molecular weight is 230 g/mol. The summed E-state index contributed by atoms with van der Waals surface area (Å²) in [4.78, 5) is 0. The van der Waals surface area contributed by atoms with Crippen molar-refractivity contribution in [2.24, 2.45) is 0 Å². The molecule has 1 rings (SSSR count). The number of nitrogens with one attached hydrogen (secondary N) is 1. The number of hydrogen-bond donors (Lipinski definition) is 2. The Morgan fingerprint density at radius 2 is 2.27 bits per heavy atom. The van der Waals surface area contributed by atoms with E-state index in [0.29, 0.717) is 23.9 Å². The molecular weight excluding hydrogens is 214 g/mol. The molecule has 0 heterocycles. The summed E-state index contributed by atoms with van der Waals surface area (Å²) in [7, 11) is 1.59. The molecule has 0 aliphatic rings. The van der Waals surface area contributed by atoms with Crippen molar-refractivity contribution in [2.45, 2.75) is 19.6 Å². The Kier molecular flexibility index (Phi) is 4.88. The SMILES string of the molecule is COc1ccc(CNCC(C)O)cc1Cl. The standard InChI is InChI=1S/C11H16ClNO2/c1-8(14)6-13-7-9-3-4-11(15-2)10(12)5-9/h3-5,8,13-14H,6-7H2,1-2H3. The van der Waals surface area contributed by atoms with Gasteiger partial charge in [0.2, 0.25) is 0 Å². The van der Waals surface area contributed by atoms with Gasteiger partial charge in [-0.25, -0.2) is 0 Å². The second kappa shape index (κ2) is 5.95. The van der Waals surface area contributed by atoms with Gasteiger partial charge in [-0.15, -0.1) is 0 Å². The number of aliphatic hydroxyl groups excluding tert-OH is 1. The van der Waals surface area contributed by atoms with Crippen LogP contribution in [0.2, 0.25) is 5.02 Å². The molecule has 1 unspecified atom stereocenters. The summed E-state index contributed by atoms with van der Waals surface area (Å²) in [5.41, 5.74) is 1.07. The van der Waals surface area contributed by atoms with Gasteiger partial charge in [0.25, 0.3) is 0 Å². The molecule has 1 atom stereocenters. The summed E-state index contributed by atoms with van der Waals surface area (Å²) in [6.45, 7) is 3.01. The van der Waals surface area contributed by atoms with Crippen molar-refractivity contribution in [3.63, 3.8) is 0 Å². The van der Waals surface area contributed by atoms with Crippen molar-refractivity contribution in [1.29, 1.82) is 0 Å². The van der Waals surface area contributed by atoms with Crippen LogP contribution in [-0.2, 0) is 6.54 Å². The third-order valence-electron chi connectivity index (χ3n) is 1.99. The van der Waals surface area contributed by atoms with Gasteiger partial charge in [0, 0.05) is 13.1 Å². The Morgan fingerprint density at radius 3 is 2.80 bits per heavy atom. The lowest BCUT2D eigenvalue weighted by atomic mass is 10.2. The maximum Gasteiger partial charge on any atom is 0.137 e. The van der Waals surface area contributed by atoms with E-state index in [0.717, 1.165) is 5.56 Å². The summed E-state index contributed by atoms with van der Waals surface area (Å²) < 4.78 is 5.05. The minimum Gasteiger partial charge on any atom is -0.495 e.